The van der Waals surface area contributed by atoms with E-state index in [1.165, 1.54) is 22.9 Å². The van der Waals surface area contributed by atoms with Gasteiger partial charge in [-0.1, -0.05) is 59.8 Å². The van der Waals surface area contributed by atoms with E-state index < -0.39 is 0 Å². The Morgan fingerprint density at radius 1 is 1.07 bits per heavy atom. The number of thioether (sulfide) groups is 1. The lowest BCUT2D eigenvalue weighted by molar-refractivity contribution is -0.129. The van der Waals surface area contributed by atoms with Gasteiger partial charge in [0.1, 0.15) is 0 Å². The number of benzene rings is 2. The molecule has 2 heterocycles. The van der Waals surface area contributed by atoms with Gasteiger partial charge in [0.15, 0.2) is 0 Å². The molecule has 5 nitrogen and oxygen atoms in total. The molecule has 1 fully saturated rings. The Morgan fingerprint density at radius 3 is 2.52 bits per heavy atom. The molecule has 0 N–H and O–H groups in total. The summed E-state index contributed by atoms with van der Waals surface area (Å²) in [6.07, 6.45) is 3.22. The molecule has 4 rings (SSSR count). The lowest BCUT2D eigenvalue weighted by atomic mass is 9.90. The van der Waals surface area contributed by atoms with Crippen LogP contribution in [0, 0.1) is 12.8 Å². The van der Waals surface area contributed by atoms with Gasteiger partial charge in [0.2, 0.25) is 11.8 Å². The van der Waals surface area contributed by atoms with Crippen molar-refractivity contribution in [3.63, 3.8) is 0 Å². The van der Waals surface area contributed by atoms with Crippen LogP contribution in [0.5, 0.6) is 0 Å². The summed E-state index contributed by atoms with van der Waals surface area (Å²) in [5, 5.41) is 8.60. The van der Waals surface area contributed by atoms with Gasteiger partial charge in [0, 0.05) is 18.7 Å². The van der Waals surface area contributed by atoms with Crippen LogP contribution in [0.15, 0.2) is 64.2 Å². The van der Waals surface area contributed by atoms with Gasteiger partial charge in [-0.15, -0.1) is 10.2 Å². The van der Waals surface area contributed by atoms with Crippen molar-refractivity contribution in [1.82, 2.24) is 15.1 Å². The maximum Gasteiger partial charge on any atom is 0.277 e. The second-order valence-electron chi connectivity index (χ2n) is 7.54. The topological polar surface area (TPSA) is 59.2 Å². The normalized spacial score (nSPS) is 14.9. The summed E-state index contributed by atoms with van der Waals surface area (Å²) in [7, 11) is 0. The summed E-state index contributed by atoms with van der Waals surface area (Å²) in [4.78, 5) is 14.5. The number of hydrogen-bond donors (Lipinski definition) is 0. The Hall–Kier alpha value is -2.60. The minimum Gasteiger partial charge on any atom is -0.411 e. The van der Waals surface area contributed by atoms with Crippen LogP contribution in [0.4, 0.5) is 0 Å². The fraction of sp³-hybridized carbons (Fsp3) is 0.348. The standard InChI is InChI=1S/C23H25N3O2S/c1-17-7-9-20(10-8-17)22-24-25-23(28-22)29-16-21(27)26-13-11-19(12-14-26)15-18-5-3-2-4-6-18/h2-10,19H,11-16H2,1H3. The number of hydrogen-bond acceptors (Lipinski definition) is 5. The third-order valence-electron chi connectivity index (χ3n) is 5.36. The van der Waals surface area contributed by atoms with Crippen molar-refractivity contribution in [2.75, 3.05) is 18.8 Å². The fourth-order valence-electron chi connectivity index (χ4n) is 3.63. The summed E-state index contributed by atoms with van der Waals surface area (Å²) in [5.41, 5.74) is 3.45. The van der Waals surface area contributed by atoms with Crippen LogP contribution < -0.4 is 0 Å². The highest BCUT2D eigenvalue weighted by Gasteiger charge is 2.23. The molecule has 0 spiro atoms. The maximum atomic E-state index is 12.6. The Balaban J connectivity index is 1.24. The van der Waals surface area contributed by atoms with Crippen LogP contribution in [0.1, 0.15) is 24.0 Å². The van der Waals surface area contributed by atoms with Crippen LogP contribution in [0.3, 0.4) is 0 Å². The molecule has 1 aliphatic heterocycles. The van der Waals surface area contributed by atoms with E-state index in [1.807, 2.05) is 36.1 Å². The molecular formula is C23H25N3O2S. The second kappa shape index (κ2) is 9.27. The summed E-state index contributed by atoms with van der Waals surface area (Å²) in [5.74, 6) is 1.62. The highest BCUT2D eigenvalue weighted by molar-refractivity contribution is 7.99. The van der Waals surface area contributed by atoms with Crippen LogP contribution in [0.25, 0.3) is 11.5 Å². The van der Waals surface area contributed by atoms with Crippen LogP contribution in [-0.2, 0) is 11.2 Å². The smallest absolute Gasteiger partial charge is 0.277 e. The predicted molar refractivity (Wildman–Crippen MR) is 115 cm³/mol. The van der Waals surface area contributed by atoms with Crippen LogP contribution >= 0.6 is 11.8 Å². The van der Waals surface area contributed by atoms with Gasteiger partial charge in [-0.3, -0.25) is 4.79 Å². The van der Waals surface area contributed by atoms with Gasteiger partial charge in [0.25, 0.3) is 5.22 Å². The summed E-state index contributed by atoms with van der Waals surface area (Å²) >= 11 is 1.31. The van der Waals surface area contributed by atoms with Gasteiger partial charge in [-0.2, -0.15) is 0 Å². The van der Waals surface area contributed by atoms with Crippen LogP contribution in [-0.4, -0.2) is 39.8 Å². The Labute approximate surface area is 175 Å². The molecule has 0 bridgehead atoms. The summed E-state index contributed by atoms with van der Waals surface area (Å²) < 4.78 is 5.70. The van der Waals surface area contributed by atoms with Crippen LogP contribution in [0.2, 0.25) is 0 Å². The van der Waals surface area contributed by atoms with Crippen molar-refractivity contribution in [3.8, 4) is 11.5 Å². The van der Waals surface area contributed by atoms with Gasteiger partial charge in [-0.25, -0.2) is 0 Å². The maximum absolute atomic E-state index is 12.6. The first kappa shape index (κ1) is 19.7. The Bertz CT molecular complexity index is 932. The third kappa shape index (κ3) is 5.26. The molecule has 3 aromatic rings. The quantitative estimate of drug-likeness (QED) is 0.558. The number of piperidine rings is 1. The molecule has 1 aromatic heterocycles. The van der Waals surface area contributed by atoms with Crippen molar-refractivity contribution in [2.45, 2.75) is 31.4 Å². The lowest BCUT2D eigenvalue weighted by Gasteiger charge is -2.32. The van der Waals surface area contributed by atoms with Crippen molar-refractivity contribution < 1.29 is 9.21 Å². The largest absolute Gasteiger partial charge is 0.411 e. The van der Waals surface area contributed by atoms with Gasteiger partial charge in [-0.05, 0) is 49.8 Å². The predicted octanol–water partition coefficient (Wildman–Crippen LogP) is 4.62. The van der Waals surface area contributed by atoms with E-state index in [0.29, 0.717) is 22.8 Å². The minimum atomic E-state index is 0.142. The van der Waals surface area contributed by atoms with E-state index in [2.05, 4.69) is 40.5 Å². The number of carbonyl (C=O) groups is 1. The van der Waals surface area contributed by atoms with E-state index in [9.17, 15) is 4.79 Å². The fourth-order valence-corrected chi connectivity index (χ4v) is 4.30. The number of carbonyl (C=O) groups excluding carboxylic acids is 1. The molecule has 6 heteroatoms. The molecule has 0 aliphatic carbocycles. The van der Waals surface area contributed by atoms with E-state index >= 15 is 0 Å². The number of aromatic nitrogens is 2. The molecule has 1 saturated heterocycles. The number of nitrogens with zero attached hydrogens (tertiary/aromatic N) is 3. The first-order valence-electron chi connectivity index (χ1n) is 10.0. The second-order valence-corrected chi connectivity index (χ2v) is 8.47. The number of rotatable bonds is 6. The molecule has 1 aliphatic rings. The van der Waals surface area contributed by atoms with Crippen molar-refractivity contribution >= 4 is 17.7 Å². The molecule has 0 radical (unpaired) electrons. The zero-order valence-electron chi connectivity index (χ0n) is 16.6. The average Bonchev–Trinajstić information content (AvgIpc) is 3.23. The van der Waals surface area contributed by atoms with E-state index in [-0.39, 0.29) is 5.91 Å². The van der Waals surface area contributed by atoms with Gasteiger partial charge >= 0.3 is 0 Å². The van der Waals surface area contributed by atoms with Crippen molar-refractivity contribution in [3.05, 3.63) is 65.7 Å². The first-order valence-corrected chi connectivity index (χ1v) is 11.0. The highest BCUT2D eigenvalue weighted by atomic mass is 32.2. The van der Waals surface area contributed by atoms with E-state index in [4.69, 9.17) is 4.42 Å². The molecule has 1 amide bonds. The third-order valence-corrected chi connectivity index (χ3v) is 6.16. The Kier molecular flexibility index (Phi) is 6.30. The number of likely N-dealkylation sites (tertiary alicyclic amines) is 1. The Morgan fingerprint density at radius 2 is 1.79 bits per heavy atom. The number of amides is 1. The molecule has 0 saturated carbocycles. The summed E-state index contributed by atoms with van der Waals surface area (Å²) in [6, 6.07) is 18.5. The zero-order chi connectivity index (χ0) is 20.1. The SMILES string of the molecule is Cc1ccc(-c2nnc(SCC(=O)N3CCC(Cc4ccccc4)CC3)o2)cc1. The first-order chi connectivity index (χ1) is 14.2. The molecule has 0 atom stereocenters. The van der Waals surface area contributed by atoms with Crippen molar-refractivity contribution in [2.24, 2.45) is 5.92 Å². The number of aryl methyl sites for hydroxylation is 1. The minimum absolute atomic E-state index is 0.142. The molecule has 29 heavy (non-hydrogen) atoms. The molecular weight excluding hydrogens is 382 g/mol. The average molecular weight is 408 g/mol. The molecule has 150 valence electrons. The van der Waals surface area contributed by atoms with Gasteiger partial charge in [0.05, 0.1) is 5.75 Å². The highest BCUT2D eigenvalue weighted by Crippen LogP contribution is 2.25. The molecule has 0 unspecified atom stereocenters. The van der Waals surface area contributed by atoms with E-state index in [0.717, 1.165) is 37.9 Å². The monoisotopic (exact) mass is 407 g/mol. The zero-order valence-corrected chi connectivity index (χ0v) is 17.4. The van der Waals surface area contributed by atoms with Crippen molar-refractivity contribution in [1.29, 1.82) is 0 Å². The lowest BCUT2D eigenvalue weighted by Crippen LogP contribution is -2.39. The molecule has 2 aromatic carbocycles. The summed E-state index contributed by atoms with van der Waals surface area (Å²) in [6.45, 7) is 3.69. The van der Waals surface area contributed by atoms with Gasteiger partial charge < -0.3 is 9.32 Å². The van der Waals surface area contributed by atoms with E-state index in [1.54, 1.807) is 0 Å².